The van der Waals surface area contributed by atoms with Crippen molar-refractivity contribution in [3.05, 3.63) is 0 Å². The van der Waals surface area contributed by atoms with Gasteiger partial charge in [0.1, 0.15) is 0 Å². The molecule has 0 aromatic heterocycles. The van der Waals surface area contributed by atoms with Crippen LogP contribution in [0.25, 0.3) is 0 Å². The van der Waals surface area contributed by atoms with Gasteiger partial charge >= 0.3 is 0 Å². The average Bonchev–Trinajstić information content (AvgIpc) is 2.01. The van der Waals surface area contributed by atoms with Gasteiger partial charge in [-0.25, -0.2) is 0 Å². The molecule has 1 unspecified atom stereocenters. The molecule has 0 aromatic rings. The lowest BCUT2D eigenvalue weighted by Gasteiger charge is -2.29. The predicted molar refractivity (Wildman–Crippen MR) is 59.9 cm³/mol. The Morgan fingerprint density at radius 3 is 2.36 bits per heavy atom. The molecule has 0 saturated carbocycles. The molecule has 5 heteroatoms. The van der Waals surface area contributed by atoms with Crippen molar-refractivity contribution in [3.63, 3.8) is 0 Å². The maximum absolute atomic E-state index is 11.8. The zero-order valence-electron chi connectivity index (χ0n) is 9.07. The first-order chi connectivity index (χ1) is 6.19. The Bertz CT molecular complexity index is 239. The van der Waals surface area contributed by atoms with E-state index in [1.165, 1.54) is 4.90 Å². The summed E-state index contributed by atoms with van der Waals surface area (Å²) in [5.41, 5.74) is 4.61. The lowest BCUT2D eigenvalue weighted by atomic mass is 9.91. The van der Waals surface area contributed by atoms with Crippen LogP contribution in [-0.4, -0.2) is 40.6 Å². The maximum atomic E-state index is 11.8. The Hall–Kier alpha value is -0.680. The molecule has 0 aliphatic carbocycles. The molecule has 14 heavy (non-hydrogen) atoms. The molecular formula is C9H18N2O2S. The van der Waals surface area contributed by atoms with Gasteiger partial charge in [-0.1, -0.05) is 12.2 Å². The van der Waals surface area contributed by atoms with E-state index in [1.54, 1.807) is 27.8 Å². The van der Waals surface area contributed by atoms with Crippen LogP contribution < -0.4 is 5.73 Å². The molecule has 0 bridgehead atoms. The van der Waals surface area contributed by atoms with Crippen molar-refractivity contribution in [2.45, 2.75) is 26.9 Å². The first-order valence-corrected chi connectivity index (χ1v) is 4.84. The smallest absolute Gasteiger partial charge is 0.234 e. The molecule has 0 aliphatic rings. The number of likely N-dealkylation sites (N-methyl/N-ethyl adjacent to an activating group) is 1. The van der Waals surface area contributed by atoms with E-state index in [2.05, 4.69) is 0 Å². The van der Waals surface area contributed by atoms with E-state index in [-0.39, 0.29) is 17.4 Å². The fraction of sp³-hybridized carbons (Fsp3) is 0.778. The van der Waals surface area contributed by atoms with Gasteiger partial charge in [0.05, 0.1) is 16.5 Å². The number of carbonyl (C=O) groups excluding carboxylic acids is 1. The van der Waals surface area contributed by atoms with Gasteiger partial charge in [0, 0.05) is 13.6 Å². The summed E-state index contributed by atoms with van der Waals surface area (Å²) in [6, 6.07) is 0. The van der Waals surface area contributed by atoms with Crippen LogP contribution in [0, 0.1) is 5.41 Å². The zero-order chi connectivity index (χ0) is 11.5. The third kappa shape index (κ3) is 3.23. The summed E-state index contributed by atoms with van der Waals surface area (Å²) in [6.45, 7) is 5.26. The minimum atomic E-state index is -0.848. The van der Waals surface area contributed by atoms with Gasteiger partial charge in [-0.15, -0.1) is 0 Å². The van der Waals surface area contributed by atoms with E-state index in [0.29, 0.717) is 0 Å². The van der Waals surface area contributed by atoms with Crippen LogP contribution in [0.5, 0.6) is 0 Å². The van der Waals surface area contributed by atoms with Crippen molar-refractivity contribution in [2.24, 2.45) is 11.1 Å². The van der Waals surface area contributed by atoms with Crippen LogP contribution in [0.2, 0.25) is 0 Å². The zero-order valence-corrected chi connectivity index (χ0v) is 9.89. The van der Waals surface area contributed by atoms with Crippen LogP contribution in [-0.2, 0) is 4.79 Å². The van der Waals surface area contributed by atoms with E-state index in [1.807, 2.05) is 0 Å². The number of aliphatic hydroxyl groups is 1. The second-order valence-electron chi connectivity index (χ2n) is 4.02. The van der Waals surface area contributed by atoms with E-state index in [9.17, 15) is 4.79 Å². The Labute approximate surface area is 90.1 Å². The van der Waals surface area contributed by atoms with Gasteiger partial charge in [-0.3, -0.25) is 4.79 Å². The summed E-state index contributed by atoms with van der Waals surface area (Å²) in [5.74, 6) is -0.175. The van der Waals surface area contributed by atoms with E-state index in [0.717, 1.165) is 0 Å². The third-order valence-corrected chi connectivity index (χ3v) is 2.55. The van der Waals surface area contributed by atoms with Crippen molar-refractivity contribution in [1.29, 1.82) is 0 Å². The summed E-state index contributed by atoms with van der Waals surface area (Å²) < 4.78 is 0. The molecule has 82 valence electrons. The molecule has 0 heterocycles. The Morgan fingerprint density at radius 1 is 1.64 bits per heavy atom. The quantitative estimate of drug-likeness (QED) is 0.659. The summed E-state index contributed by atoms with van der Waals surface area (Å²) >= 11 is 4.81. The number of thiocarbonyl (C=S) groups is 1. The number of rotatable bonds is 4. The van der Waals surface area contributed by atoms with Crippen LogP contribution in [0.4, 0.5) is 0 Å². The molecule has 3 N–H and O–H groups in total. The number of nitrogens with two attached hydrogens (primary N) is 1. The molecule has 0 saturated heterocycles. The summed E-state index contributed by atoms with van der Waals surface area (Å²) in [5, 5.41) is 9.12. The van der Waals surface area contributed by atoms with Crippen molar-refractivity contribution in [3.8, 4) is 0 Å². The fourth-order valence-electron chi connectivity index (χ4n) is 1.06. The van der Waals surface area contributed by atoms with Crippen molar-refractivity contribution >= 4 is 23.1 Å². The highest BCUT2D eigenvalue weighted by atomic mass is 32.1. The van der Waals surface area contributed by atoms with Gasteiger partial charge in [-0.2, -0.15) is 0 Å². The summed E-state index contributed by atoms with van der Waals surface area (Å²) in [6.07, 6.45) is -0.550. The second-order valence-corrected chi connectivity index (χ2v) is 4.46. The van der Waals surface area contributed by atoms with Gasteiger partial charge in [0.2, 0.25) is 5.91 Å². The summed E-state index contributed by atoms with van der Waals surface area (Å²) in [7, 11) is 1.62. The van der Waals surface area contributed by atoms with E-state index < -0.39 is 11.5 Å². The third-order valence-electron chi connectivity index (χ3n) is 2.04. The summed E-state index contributed by atoms with van der Waals surface area (Å²) in [4.78, 5) is 13.4. The van der Waals surface area contributed by atoms with Crippen molar-refractivity contribution in [1.82, 2.24) is 4.90 Å². The monoisotopic (exact) mass is 218 g/mol. The van der Waals surface area contributed by atoms with Crippen molar-refractivity contribution in [2.75, 3.05) is 13.6 Å². The number of aliphatic hydroxyl groups excluding tert-OH is 1. The second kappa shape index (κ2) is 4.70. The molecule has 0 radical (unpaired) electrons. The number of amides is 1. The molecule has 4 nitrogen and oxygen atoms in total. The van der Waals surface area contributed by atoms with Crippen LogP contribution >= 0.6 is 12.2 Å². The first-order valence-electron chi connectivity index (χ1n) is 4.43. The molecule has 0 rings (SSSR count). The highest BCUT2D eigenvalue weighted by Gasteiger charge is 2.33. The standard InChI is InChI=1S/C9H18N2O2S/c1-6(12)5-11(4)8(13)9(2,3)7(10)14/h6,12H,5H2,1-4H3,(H2,10,14). The molecule has 0 aliphatic heterocycles. The fourth-order valence-corrected chi connectivity index (χ4v) is 1.15. The Morgan fingerprint density at radius 2 is 2.07 bits per heavy atom. The Kier molecular flexibility index (Phi) is 4.48. The molecule has 1 amide bonds. The minimum Gasteiger partial charge on any atom is -0.392 e. The minimum absolute atomic E-state index is 0.167. The number of hydrogen-bond acceptors (Lipinski definition) is 3. The molecular weight excluding hydrogens is 200 g/mol. The lowest BCUT2D eigenvalue weighted by molar-refractivity contribution is -0.136. The van der Waals surface area contributed by atoms with Crippen LogP contribution in [0.15, 0.2) is 0 Å². The normalized spacial score (nSPS) is 13.5. The lowest BCUT2D eigenvalue weighted by Crippen LogP contribution is -2.47. The number of nitrogens with zero attached hydrogens (tertiary/aromatic N) is 1. The predicted octanol–water partition coefficient (Wildman–Crippen LogP) is 0.138. The van der Waals surface area contributed by atoms with Gasteiger partial charge < -0.3 is 15.7 Å². The topological polar surface area (TPSA) is 66.6 Å². The van der Waals surface area contributed by atoms with Gasteiger partial charge in [0.15, 0.2) is 0 Å². The first kappa shape index (κ1) is 13.3. The number of hydrogen-bond donors (Lipinski definition) is 2. The maximum Gasteiger partial charge on any atom is 0.234 e. The van der Waals surface area contributed by atoms with Gasteiger partial charge in [-0.05, 0) is 20.8 Å². The van der Waals surface area contributed by atoms with Crippen LogP contribution in [0.1, 0.15) is 20.8 Å². The van der Waals surface area contributed by atoms with Gasteiger partial charge in [0.25, 0.3) is 0 Å². The molecule has 0 spiro atoms. The highest BCUT2D eigenvalue weighted by molar-refractivity contribution is 7.80. The SMILES string of the molecule is CC(O)CN(C)C(=O)C(C)(C)C(N)=S. The molecule has 0 aromatic carbocycles. The van der Waals surface area contributed by atoms with E-state index >= 15 is 0 Å². The number of carbonyl (C=O) groups is 1. The van der Waals surface area contributed by atoms with Crippen LogP contribution in [0.3, 0.4) is 0 Å². The van der Waals surface area contributed by atoms with E-state index in [4.69, 9.17) is 23.1 Å². The molecule has 1 atom stereocenters. The highest BCUT2D eigenvalue weighted by Crippen LogP contribution is 2.18. The largest absolute Gasteiger partial charge is 0.392 e. The average molecular weight is 218 g/mol. The molecule has 0 fully saturated rings. The van der Waals surface area contributed by atoms with Crippen molar-refractivity contribution < 1.29 is 9.90 Å². The Balaban J connectivity index is 4.53.